The summed E-state index contributed by atoms with van der Waals surface area (Å²) in [6.07, 6.45) is -6.33. The van der Waals surface area contributed by atoms with E-state index >= 15 is 0 Å². The van der Waals surface area contributed by atoms with E-state index in [0.717, 1.165) is 43.0 Å². The smallest absolute Gasteiger partial charge is 0.369 e. The Morgan fingerprint density at radius 2 is 1.55 bits per heavy atom. The topological polar surface area (TPSA) is 57.5 Å². The fourth-order valence-electron chi connectivity index (χ4n) is 5.80. The summed E-state index contributed by atoms with van der Waals surface area (Å²) in [7, 11) is 1.38. The largest absolute Gasteiger partial charge is 0.416 e. The van der Waals surface area contributed by atoms with Crippen LogP contribution in [-0.4, -0.2) is 76.8 Å². The molecule has 0 spiro atoms. The molecule has 1 fully saturated rings. The van der Waals surface area contributed by atoms with Crippen LogP contribution in [0, 0.1) is 0 Å². The minimum Gasteiger partial charge on any atom is -0.369 e. The van der Waals surface area contributed by atoms with Gasteiger partial charge in [-0.2, -0.15) is 31.4 Å². The molecule has 0 aliphatic carbocycles. The average Bonchev–Trinajstić information content (AvgIpc) is 3.56. The van der Waals surface area contributed by atoms with Gasteiger partial charge in [-0.05, 0) is 60.5 Å². The number of carbonyl (C=O) groups excluding carboxylic acids is 1. The Hall–Kier alpha value is -4.10. The second-order valence-electron chi connectivity index (χ2n) is 11.6. The predicted octanol–water partition coefficient (Wildman–Crippen LogP) is 7.09. The van der Waals surface area contributed by atoms with Crippen LogP contribution in [-0.2, 0) is 18.9 Å². The molecule has 0 N–H and O–H groups in total. The van der Waals surface area contributed by atoms with Crippen LogP contribution in [0.3, 0.4) is 0 Å². The van der Waals surface area contributed by atoms with Crippen molar-refractivity contribution in [2.24, 2.45) is 0 Å². The van der Waals surface area contributed by atoms with Crippen LogP contribution in [0.2, 0.25) is 5.02 Å². The van der Waals surface area contributed by atoms with Gasteiger partial charge in [-0.3, -0.25) is 9.69 Å². The third-order valence-electron chi connectivity index (χ3n) is 8.31. The van der Waals surface area contributed by atoms with E-state index in [-0.39, 0.29) is 18.5 Å². The number of halogens is 7. The quantitative estimate of drug-likeness (QED) is 0.168. The summed E-state index contributed by atoms with van der Waals surface area (Å²) in [6, 6.07) is 16.2. The average molecular weight is 679 g/mol. The van der Waals surface area contributed by atoms with Crippen LogP contribution < -0.4 is 4.90 Å². The number of likely N-dealkylation sites (N-methyl/N-ethyl adjacent to an activating group) is 1. The van der Waals surface area contributed by atoms with Crippen LogP contribution in [0.4, 0.5) is 32.0 Å². The molecule has 0 unspecified atom stereocenters. The number of nitrogens with zero attached hydrogens (tertiary/aromatic N) is 6. The molecule has 14 heteroatoms. The summed E-state index contributed by atoms with van der Waals surface area (Å²) in [5.74, 6) is -1.19. The molecular formula is C33H33ClF6N6O. The Balaban J connectivity index is 1.26. The Bertz CT molecular complexity index is 1600. The van der Waals surface area contributed by atoms with Crippen LogP contribution >= 0.6 is 11.6 Å². The molecule has 1 saturated heterocycles. The number of amides is 1. The van der Waals surface area contributed by atoms with Crippen LogP contribution in [0.5, 0.6) is 0 Å². The van der Waals surface area contributed by atoms with E-state index < -0.39 is 35.0 Å². The minimum atomic E-state index is -5.05. The Morgan fingerprint density at radius 1 is 0.915 bits per heavy atom. The van der Waals surface area contributed by atoms with Crippen molar-refractivity contribution in [1.82, 2.24) is 24.6 Å². The maximum atomic E-state index is 13.4. The van der Waals surface area contributed by atoms with Crippen molar-refractivity contribution in [2.45, 2.75) is 31.2 Å². The second kappa shape index (κ2) is 14.3. The summed E-state index contributed by atoms with van der Waals surface area (Å²) in [6.45, 7) is 4.49. The molecule has 3 aromatic carbocycles. The number of anilines is 1. The van der Waals surface area contributed by atoms with Crippen molar-refractivity contribution in [1.29, 1.82) is 0 Å². The summed E-state index contributed by atoms with van der Waals surface area (Å²) >= 11 is 6.10. The number of benzene rings is 3. The van der Waals surface area contributed by atoms with E-state index in [9.17, 15) is 31.1 Å². The van der Waals surface area contributed by atoms with Crippen molar-refractivity contribution in [2.75, 3.05) is 51.2 Å². The molecule has 250 valence electrons. The van der Waals surface area contributed by atoms with Gasteiger partial charge in [0.1, 0.15) is 12.7 Å². The first kappa shape index (κ1) is 34.2. The first-order valence-corrected chi connectivity index (χ1v) is 15.3. The molecule has 1 amide bonds. The van der Waals surface area contributed by atoms with E-state index in [1.54, 1.807) is 23.1 Å². The minimum absolute atomic E-state index is 0.0164. The Kier molecular flexibility index (Phi) is 10.5. The number of alkyl halides is 6. The van der Waals surface area contributed by atoms with Gasteiger partial charge in [0.25, 0.3) is 5.91 Å². The number of hydrogen-bond acceptors (Lipinski definition) is 5. The number of aromatic nitrogens is 3. The first-order valence-electron chi connectivity index (χ1n) is 15.0. The van der Waals surface area contributed by atoms with Crippen molar-refractivity contribution in [3.05, 3.63) is 112 Å². The van der Waals surface area contributed by atoms with Crippen molar-refractivity contribution in [3.63, 3.8) is 0 Å². The molecular weight excluding hydrogens is 646 g/mol. The van der Waals surface area contributed by atoms with Gasteiger partial charge in [0.05, 0.1) is 17.7 Å². The van der Waals surface area contributed by atoms with Gasteiger partial charge < -0.3 is 9.80 Å². The zero-order valence-corrected chi connectivity index (χ0v) is 26.2. The lowest BCUT2D eigenvalue weighted by atomic mass is 9.94. The van der Waals surface area contributed by atoms with E-state index in [0.29, 0.717) is 36.7 Å². The standard InChI is InChI=1S/C33H33ClF6N6O/c1-43(31(47)26-16-27(32(35,36)37)18-28(17-26)33(38,39)40)19-24(23-6-8-29(34)9-7-23)10-11-44-12-14-45(15-13-44)30-5-3-2-4-25(30)20-46-22-41-21-42-46/h2-9,16-18,21-22,24H,10-15,19-20H2,1H3/t24-/m1/s1. The summed E-state index contributed by atoms with van der Waals surface area (Å²) in [5, 5.41) is 4.73. The van der Waals surface area contributed by atoms with E-state index in [4.69, 9.17) is 11.6 Å². The van der Waals surface area contributed by atoms with Crippen LogP contribution in [0.25, 0.3) is 0 Å². The molecule has 0 bridgehead atoms. The maximum Gasteiger partial charge on any atom is 0.416 e. The summed E-state index contributed by atoms with van der Waals surface area (Å²) < 4.78 is 82.4. The maximum absolute atomic E-state index is 13.4. The molecule has 0 saturated carbocycles. The molecule has 1 aromatic heterocycles. The van der Waals surface area contributed by atoms with Gasteiger partial charge in [0.15, 0.2) is 0 Å². The molecule has 2 heterocycles. The molecule has 0 radical (unpaired) electrons. The van der Waals surface area contributed by atoms with Crippen LogP contribution in [0.15, 0.2) is 79.4 Å². The molecule has 7 nitrogen and oxygen atoms in total. The third kappa shape index (κ3) is 8.83. The van der Waals surface area contributed by atoms with E-state index in [2.05, 4.69) is 32.0 Å². The van der Waals surface area contributed by atoms with Crippen molar-refractivity contribution >= 4 is 23.2 Å². The van der Waals surface area contributed by atoms with E-state index in [1.165, 1.54) is 18.3 Å². The lowest BCUT2D eigenvalue weighted by Gasteiger charge is -2.37. The Labute approximate surface area is 273 Å². The molecule has 1 atom stereocenters. The molecule has 4 aromatic rings. The van der Waals surface area contributed by atoms with Gasteiger partial charge in [0, 0.05) is 62.0 Å². The summed E-state index contributed by atoms with van der Waals surface area (Å²) in [4.78, 5) is 23.1. The number of carbonyl (C=O) groups is 1. The molecule has 5 rings (SSSR count). The van der Waals surface area contributed by atoms with Gasteiger partial charge >= 0.3 is 12.4 Å². The first-order chi connectivity index (χ1) is 22.3. The second-order valence-corrected chi connectivity index (χ2v) is 12.0. The zero-order valence-electron chi connectivity index (χ0n) is 25.5. The number of rotatable bonds is 10. The highest BCUT2D eigenvalue weighted by Crippen LogP contribution is 2.37. The number of para-hydroxylation sites is 1. The molecule has 47 heavy (non-hydrogen) atoms. The number of hydrogen-bond donors (Lipinski definition) is 0. The fourth-order valence-corrected chi connectivity index (χ4v) is 5.93. The normalized spacial score (nSPS) is 15.1. The van der Waals surface area contributed by atoms with Crippen molar-refractivity contribution < 1.29 is 31.1 Å². The van der Waals surface area contributed by atoms with Gasteiger partial charge in [-0.1, -0.05) is 41.9 Å². The van der Waals surface area contributed by atoms with E-state index in [1.807, 2.05) is 24.3 Å². The molecule has 1 aliphatic rings. The number of piperazine rings is 1. The Morgan fingerprint density at radius 3 is 2.15 bits per heavy atom. The van der Waals surface area contributed by atoms with Crippen LogP contribution in [0.1, 0.15) is 45.0 Å². The lowest BCUT2D eigenvalue weighted by molar-refractivity contribution is -0.143. The molecule has 1 aliphatic heterocycles. The SMILES string of the molecule is CN(C[C@@H](CCN1CCN(c2ccccc2Cn2cncn2)CC1)c1ccc(Cl)cc1)C(=O)c1cc(C(F)(F)F)cc(C(F)(F)F)c1. The highest BCUT2D eigenvalue weighted by atomic mass is 35.5. The van der Waals surface area contributed by atoms with Gasteiger partial charge in [-0.25, -0.2) is 9.67 Å². The monoisotopic (exact) mass is 678 g/mol. The van der Waals surface area contributed by atoms with Gasteiger partial charge in [-0.15, -0.1) is 0 Å². The highest BCUT2D eigenvalue weighted by Gasteiger charge is 2.38. The lowest BCUT2D eigenvalue weighted by Crippen LogP contribution is -2.47. The zero-order chi connectivity index (χ0) is 33.8. The third-order valence-corrected chi connectivity index (χ3v) is 8.57. The van der Waals surface area contributed by atoms with Gasteiger partial charge in [0.2, 0.25) is 0 Å². The fraction of sp³-hybridized carbons (Fsp3) is 0.364. The van der Waals surface area contributed by atoms with Crippen molar-refractivity contribution in [3.8, 4) is 0 Å². The highest BCUT2D eigenvalue weighted by molar-refractivity contribution is 6.30. The summed E-state index contributed by atoms with van der Waals surface area (Å²) in [5.41, 5.74) is -0.619. The predicted molar refractivity (Wildman–Crippen MR) is 166 cm³/mol.